The average molecular weight is 227 g/mol. The van der Waals surface area contributed by atoms with Crippen molar-refractivity contribution in [2.24, 2.45) is 5.73 Å². The van der Waals surface area contributed by atoms with E-state index < -0.39 is 6.10 Å². The number of anilines is 1. The molecule has 15 heavy (non-hydrogen) atoms. The van der Waals surface area contributed by atoms with Crippen LogP contribution in [0.4, 0.5) is 5.69 Å². The van der Waals surface area contributed by atoms with E-state index in [0.29, 0.717) is 16.5 Å². The number of nitrogens with two attached hydrogens (primary N) is 1. The highest BCUT2D eigenvalue weighted by Crippen LogP contribution is 2.34. The van der Waals surface area contributed by atoms with Gasteiger partial charge < -0.3 is 15.8 Å². The van der Waals surface area contributed by atoms with E-state index in [0.717, 1.165) is 5.56 Å². The summed E-state index contributed by atoms with van der Waals surface area (Å²) >= 11 is 5.95. The fourth-order valence-corrected chi connectivity index (χ4v) is 1.59. The Morgan fingerprint density at radius 1 is 1.60 bits per heavy atom. The number of fused-ring (bicyclic) bond motifs is 1. The lowest BCUT2D eigenvalue weighted by Crippen LogP contribution is -2.42. The quantitative estimate of drug-likeness (QED) is 0.759. The molecule has 1 amide bonds. The minimum absolute atomic E-state index is 0.150. The summed E-state index contributed by atoms with van der Waals surface area (Å²) in [6.45, 7) is 2.01. The molecule has 0 bridgehead atoms. The Balaban J connectivity index is 2.41. The number of nitrogens with one attached hydrogen (secondary N) is 1. The Kier molecular flexibility index (Phi) is 2.54. The second kappa shape index (κ2) is 3.72. The summed E-state index contributed by atoms with van der Waals surface area (Å²) in [6, 6.07) is 3.47. The van der Waals surface area contributed by atoms with Crippen molar-refractivity contribution in [3.8, 4) is 5.75 Å². The minimum atomic E-state index is -0.628. The number of hydrogen-bond acceptors (Lipinski definition) is 3. The Morgan fingerprint density at radius 2 is 2.33 bits per heavy atom. The van der Waals surface area contributed by atoms with E-state index in [1.807, 2.05) is 6.92 Å². The fourth-order valence-electron chi connectivity index (χ4n) is 1.43. The number of carbonyl (C=O) groups is 1. The molecule has 1 aliphatic rings. The van der Waals surface area contributed by atoms with Gasteiger partial charge in [0.15, 0.2) is 6.10 Å². The molecule has 0 radical (unpaired) electrons. The van der Waals surface area contributed by atoms with Gasteiger partial charge in [-0.3, -0.25) is 4.79 Å². The third kappa shape index (κ3) is 1.78. The van der Waals surface area contributed by atoms with Gasteiger partial charge in [0, 0.05) is 17.6 Å². The average Bonchev–Trinajstić information content (AvgIpc) is 2.20. The van der Waals surface area contributed by atoms with E-state index in [1.165, 1.54) is 0 Å². The van der Waals surface area contributed by atoms with Gasteiger partial charge in [0.2, 0.25) is 0 Å². The second-order valence-corrected chi connectivity index (χ2v) is 3.84. The maximum absolute atomic E-state index is 11.4. The van der Waals surface area contributed by atoms with E-state index >= 15 is 0 Å². The SMILES string of the molecule is Cc1cc2c(cc1Cl)OC(CN)C(=O)N2. The lowest BCUT2D eigenvalue weighted by atomic mass is 10.1. The van der Waals surface area contributed by atoms with Crippen molar-refractivity contribution in [3.63, 3.8) is 0 Å². The highest BCUT2D eigenvalue weighted by molar-refractivity contribution is 6.31. The molecule has 5 heteroatoms. The summed E-state index contributed by atoms with van der Waals surface area (Å²) < 4.78 is 5.41. The van der Waals surface area contributed by atoms with E-state index in [-0.39, 0.29) is 12.5 Å². The van der Waals surface area contributed by atoms with Crippen LogP contribution < -0.4 is 15.8 Å². The van der Waals surface area contributed by atoms with Crippen molar-refractivity contribution in [2.45, 2.75) is 13.0 Å². The van der Waals surface area contributed by atoms with E-state index in [4.69, 9.17) is 22.1 Å². The van der Waals surface area contributed by atoms with Gasteiger partial charge in [-0.1, -0.05) is 11.6 Å². The van der Waals surface area contributed by atoms with Crippen LogP contribution in [-0.4, -0.2) is 18.6 Å². The van der Waals surface area contributed by atoms with Crippen LogP contribution in [0.3, 0.4) is 0 Å². The van der Waals surface area contributed by atoms with E-state index in [9.17, 15) is 4.79 Å². The number of carbonyl (C=O) groups excluding carboxylic acids is 1. The molecule has 0 aromatic heterocycles. The van der Waals surface area contributed by atoms with E-state index in [1.54, 1.807) is 12.1 Å². The fraction of sp³-hybridized carbons (Fsp3) is 0.300. The Labute approximate surface area is 92.4 Å². The normalized spacial score (nSPS) is 19.1. The van der Waals surface area contributed by atoms with Gasteiger partial charge in [-0.2, -0.15) is 0 Å². The first-order chi connectivity index (χ1) is 7.11. The molecule has 3 N–H and O–H groups in total. The van der Waals surface area contributed by atoms with Crippen molar-refractivity contribution >= 4 is 23.2 Å². The van der Waals surface area contributed by atoms with Crippen LogP contribution in [-0.2, 0) is 4.79 Å². The maximum Gasteiger partial charge on any atom is 0.266 e. The van der Waals surface area contributed by atoms with Crippen LogP contribution >= 0.6 is 11.6 Å². The number of benzene rings is 1. The molecule has 4 nitrogen and oxygen atoms in total. The van der Waals surface area contributed by atoms with Crippen LogP contribution in [0.1, 0.15) is 5.56 Å². The number of rotatable bonds is 1. The standard InChI is InChI=1S/C10H11ClN2O2/c1-5-2-7-8(3-6(5)11)15-9(4-12)10(14)13-7/h2-3,9H,4,12H2,1H3,(H,13,14). The second-order valence-electron chi connectivity index (χ2n) is 3.43. The number of aryl methyl sites for hydroxylation is 1. The van der Waals surface area contributed by atoms with Gasteiger partial charge >= 0.3 is 0 Å². The summed E-state index contributed by atoms with van der Waals surface area (Å²) in [5, 5.41) is 3.34. The van der Waals surface area contributed by atoms with Crippen molar-refractivity contribution in [2.75, 3.05) is 11.9 Å². The smallest absolute Gasteiger partial charge is 0.266 e. The number of ether oxygens (including phenoxy) is 1. The van der Waals surface area contributed by atoms with Crippen molar-refractivity contribution in [1.29, 1.82) is 0 Å². The zero-order valence-corrected chi connectivity index (χ0v) is 8.97. The Bertz CT molecular complexity index is 420. The zero-order chi connectivity index (χ0) is 11.0. The van der Waals surface area contributed by atoms with Crippen LogP contribution in [0, 0.1) is 6.92 Å². The Hall–Kier alpha value is -1.26. The highest BCUT2D eigenvalue weighted by Gasteiger charge is 2.26. The summed E-state index contributed by atoms with van der Waals surface area (Å²) in [6.07, 6.45) is -0.628. The summed E-state index contributed by atoms with van der Waals surface area (Å²) in [5.41, 5.74) is 6.94. The molecule has 1 unspecified atom stereocenters. The number of hydrogen-bond donors (Lipinski definition) is 2. The van der Waals surface area contributed by atoms with Gasteiger partial charge in [-0.25, -0.2) is 0 Å². The molecule has 0 fully saturated rings. The molecule has 1 atom stereocenters. The molecule has 0 spiro atoms. The molecule has 2 rings (SSSR count). The molecule has 0 aliphatic carbocycles. The van der Waals surface area contributed by atoms with Crippen molar-refractivity contribution in [3.05, 3.63) is 22.7 Å². The van der Waals surface area contributed by atoms with Crippen LogP contribution in [0.15, 0.2) is 12.1 Å². The first-order valence-corrected chi connectivity index (χ1v) is 4.97. The molecular formula is C10H11ClN2O2. The van der Waals surface area contributed by atoms with Gasteiger partial charge in [0.05, 0.1) is 5.69 Å². The molecule has 1 aromatic rings. The van der Waals surface area contributed by atoms with Crippen molar-refractivity contribution in [1.82, 2.24) is 0 Å². The lowest BCUT2D eigenvalue weighted by molar-refractivity contribution is -0.123. The summed E-state index contributed by atoms with van der Waals surface area (Å²) in [5.74, 6) is 0.354. The topological polar surface area (TPSA) is 64.3 Å². The van der Waals surface area contributed by atoms with Gasteiger partial charge in [0.1, 0.15) is 5.75 Å². The molecule has 0 saturated heterocycles. The molecular weight excluding hydrogens is 216 g/mol. The predicted octanol–water partition coefficient (Wildman–Crippen LogP) is 1.31. The molecule has 1 aliphatic heterocycles. The zero-order valence-electron chi connectivity index (χ0n) is 8.21. The monoisotopic (exact) mass is 226 g/mol. The summed E-state index contributed by atoms with van der Waals surface area (Å²) in [7, 11) is 0. The molecule has 0 saturated carbocycles. The van der Waals surface area contributed by atoms with E-state index in [2.05, 4.69) is 5.32 Å². The number of amides is 1. The predicted molar refractivity (Wildman–Crippen MR) is 58.3 cm³/mol. The van der Waals surface area contributed by atoms with Crippen LogP contribution in [0.2, 0.25) is 5.02 Å². The lowest BCUT2D eigenvalue weighted by Gasteiger charge is -2.25. The third-order valence-electron chi connectivity index (χ3n) is 2.29. The third-order valence-corrected chi connectivity index (χ3v) is 2.70. The van der Waals surface area contributed by atoms with Crippen LogP contribution in [0.25, 0.3) is 0 Å². The maximum atomic E-state index is 11.4. The highest BCUT2D eigenvalue weighted by atomic mass is 35.5. The largest absolute Gasteiger partial charge is 0.477 e. The van der Waals surface area contributed by atoms with Crippen molar-refractivity contribution < 1.29 is 9.53 Å². The van der Waals surface area contributed by atoms with Gasteiger partial charge in [0.25, 0.3) is 5.91 Å². The minimum Gasteiger partial charge on any atom is -0.477 e. The molecule has 80 valence electrons. The number of halogens is 1. The Morgan fingerprint density at radius 3 is 3.00 bits per heavy atom. The molecule has 1 heterocycles. The molecule has 1 aromatic carbocycles. The first-order valence-electron chi connectivity index (χ1n) is 4.59. The van der Waals surface area contributed by atoms with Crippen LogP contribution in [0.5, 0.6) is 5.75 Å². The first kappa shape index (κ1) is 10.3. The van der Waals surface area contributed by atoms with Gasteiger partial charge in [-0.15, -0.1) is 0 Å². The summed E-state index contributed by atoms with van der Waals surface area (Å²) in [4.78, 5) is 11.4. The van der Waals surface area contributed by atoms with Gasteiger partial charge in [-0.05, 0) is 18.6 Å².